The van der Waals surface area contributed by atoms with Crippen LogP contribution in [0, 0.1) is 11.8 Å². The third-order valence-electron chi connectivity index (χ3n) is 6.84. The summed E-state index contributed by atoms with van der Waals surface area (Å²) in [7, 11) is 0. The summed E-state index contributed by atoms with van der Waals surface area (Å²) < 4.78 is 0. The molecule has 14 heteroatoms. The Morgan fingerprint density at radius 1 is 1.05 bits per heavy atom. The molecular formula is C26H43N7O7. The highest BCUT2D eigenvalue weighted by molar-refractivity contribution is 5.95. The summed E-state index contributed by atoms with van der Waals surface area (Å²) in [6.07, 6.45) is 2.62. The van der Waals surface area contributed by atoms with E-state index in [0.717, 1.165) is 4.90 Å². The second kappa shape index (κ2) is 14.7. The second-order valence-corrected chi connectivity index (χ2v) is 11.1. The Bertz CT molecular complexity index is 1030. The number of carboxylic acid groups (broad SMARTS) is 1. The molecule has 0 aliphatic carbocycles. The minimum atomic E-state index is -1.41. The van der Waals surface area contributed by atoms with Crippen molar-refractivity contribution in [2.75, 3.05) is 6.54 Å². The topological polar surface area (TPSA) is 220 Å². The number of carbonyl (C=O) groups is 5. The minimum absolute atomic E-state index is 0.0539. The number of imidazole rings is 1. The van der Waals surface area contributed by atoms with E-state index in [0.29, 0.717) is 12.1 Å². The Hall–Kier alpha value is -3.52. The molecule has 40 heavy (non-hydrogen) atoms. The van der Waals surface area contributed by atoms with E-state index < -0.39 is 65.9 Å². The van der Waals surface area contributed by atoms with E-state index in [1.165, 1.54) is 19.4 Å². The van der Waals surface area contributed by atoms with Crippen LogP contribution in [0.5, 0.6) is 0 Å². The van der Waals surface area contributed by atoms with Gasteiger partial charge in [0.25, 0.3) is 0 Å². The van der Waals surface area contributed by atoms with Gasteiger partial charge in [-0.25, -0.2) is 9.78 Å². The number of carbonyl (C=O) groups excluding carboxylic acids is 4. The molecule has 1 aliphatic rings. The number of aliphatic hydroxyl groups excluding tert-OH is 1. The van der Waals surface area contributed by atoms with Gasteiger partial charge in [0, 0.05) is 24.9 Å². The van der Waals surface area contributed by atoms with Crippen LogP contribution in [0.2, 0.25) is 0 Å². The minimum Gasteiger partial charge on any atom is -0.480 e. The smallest absolute Gasteiger partial charge is 0.326 e. The standard InChI is InChI=1S/C26H43N7O7/c1-13(2)9-17(23(36)32-21(15(5)34)25(38)33-8-6-7-19(33)26(39)40)30-22(35)18(10-16-11-28-12-29-16)31-24(37)20(27)14(3)4/h11-15,17-21,34H,6-10,27H2,1-5H3,(H,28,29)(H,30,35)(H,31,37)(H,32,36)(H,39,40)/t15?,17?,18?,19-,20?,21?/m0/s1. The van der Waals surface area contributed by atoms with E-state index in [1.807, 2.05) is 13.8 Å². The van der Waals surface area contributed by atoms with E-state index >= 15 is 0 Å². The Morgan fingerprint density at radius 2 is 1.68 bits per heavy atom. The number of aromatic nitrogens is 2. The molecule has 2 rings (SSSR count). The quantitative estimate of drug-likeness (QED) is 0.145. The zero-order chi connectivity index (χ0) is 30.1. The van der Waals surface area contributed by atoms with E-state index in [4.69, 9.17) is 5.73 Å². The van der Waals surface area contributed by atoms with Gasteiger partial charge in [-0.3, -0.25) is 19.2 Å². The molecule has 0 aromatic carbocycles. The van der Waals surface area contributed by atoms with Gasteiger partial charge in [0.2, 0.25) is 23.6 Å². The Kier molecular flexibility index (Phi) is 12.1. The van der Waals surface area contributed by atoms with Crippen LogP contribution >= 0.6 is 0 Å². The number of H-pyrrole nitrogens is 1. The number of hydrogen-bond acceptors (Lipinski definition) is 8. The van der Waals surface area contributed by atoms with Crippen LogP contribution in [0.15, 0.2) is 12.5 Å². The maximum absolute atomic E-state index is 13.4. The third-order valence-corrected chi connectivity index (χ3v) is 6.84. The summed E-state index contributed by atoms with van der Waals surface area (Å²) in [5.41, 5.74) is 6.54. The molecule has 0 spiro atoms. The van der Waals surface area contributed by atoms with Gasteiger partial charge >= 0.3 is 5.97 Å². The Balaban J connectivity index is 2.23. The van der Waals surface area contributed by atoms with Crippen LogP contribution in [0.4, 0.5) is 0 Å². The van der Waals surface area contributed by atoms with E-state index in [-0.39, 0.29) is 37.6 Å². The van der Waals surface area contributed by atoms with E-state index in [2.05, 4.69) is 25.9 Å². The molecular weight excluding hydrogens is 522 g/mol. The first-order valence-electron chi connectivity index (χ1n) is 13.6. The molecule has 4 amide bonds. The molecule has 0 saturated carbocycles. The van der Waals surface area contributed by atoms with Crippen molar-refractivity contribution < 1.29 is 34.2 Å². The van der Waals surface area contributed by atoms with Gasteiger partial charge < -0.3 is 41.8 Å². The maximum Gasteiger partial charge on any atom is 0.326 e. The van der Waals surface area contributed by atoms with Crippen molar-refractivity contribution in [2.24, 2.45) is 17.6 Å². The third kappa shape index (κ3) is 9.01. The number of nitrogens with two attached hydrogens (primary N) is 1. The number of likely N-dealkylation sites (tertiary alicyclic amines) is 1. The molecule has 1 saturated heterocycles. The van der Waals surface area contributed by atoms with Gasteiger partial charge in [-0.1, -0.05) is 27.7 Å². The number of hydrogen-bond donors (Lipinski definition) is 7. The first-order chi connectivity index (χ1) is 18.7. The monoisotopic (exact) mass is 565 g/mol. The van der Waals surface area contributed by atoms with Gasteiger partial charge in [0.1, 0.15) is 24.2 Å². The van der Waals surface area contributed by atoms with Crippen LogP contribution in [-0.4, -0.2) is 97.5 Å². The number of aliphatic carboxylic acids is 1. The number of aromatic amines is 1. The molecule has 1 aromatic rings. The number of nitrogens with zero attached hydrogens (tertiary/aromatic N) is 2. The number of amides is 4. The van der Waals surface area contributed by atoms with Crippen LogP contribution < -0.4 is 21.7 Å². The second-order valence-electron chi connectivity index (χ2n) is 11.1. The number of nitrogens with one attached hydrogen (secondary N) is 4. The average Bonchev–Trinajstić information content (AvgIpc) is 3.57. The van der Waals surface area contributed by atoms with Crippen molar-refractivity contribution in [2.45, 2.75) is 96.6 Å². The predicted octanol–water partition coefficient (Wildman–Crippen LogP) is -1.11. The molecule has 1 aliphatic heterocycles. The summed E-state index contributed by atoms with van der Waals surface area (Å²) in [6, 6.07) is -5.51. The Labute approximate surface area is 233 Å². The van der Waals surface area contributed by atoms with Crippen molar-refractivity contribution in [1.82, 2.24) is 30.8 Å². The van der Waals surface area contributed by atoms with Gasteiger partial charge in [-0.2, -0.15) is 0 Å². The van der Waals surface area contributed by atoms with Gasteiger partial charge in [-0.05, 0) is 38.0 Å². The molecule has 1 fully saturated rings. The van der Waals surface area contributed by atoms with E-state index in [9.17, 15) is 34.2 Å². The van der Waals surface area contributed by atoms with Gasteiger partial charge in [0.05, 0.1) is 18.5 Å². The highest BCUT2D eigenvalue weighted by Gasteiger charge is 2.40. The molecule has 0 radical (unpaired) electrons. The number of carboxylic acids is 1. The molecule has 1 aromatic heterocycles. The van der Waals surface area contributed by atoms with Crippen LogP contribution in [0.3, 0.4) is 0 Å². The van der Waals surface area contributed by atoms with E-state index in [1.54, 1.807) is 13.8 Å². The zero-order valence-corrected chi connectivity index (χ0v) is 23.7. The van der Waals surface area contributed by atoms with Crippen LogP contribution in [0.1, 0.15) is 59.6 Å². The maximum atomic E-state index is 13.4. The predicted molar refractivity (Wildman–Crippen MR) is 144 cm³/mol. The highest BCUT2D eigenvalue weighted by atomic mass is 16.4. The van der Waals surface area contributed by atoms with Crippen LogP contribution in [-0.2, 0) is 30.4 Å². The molecule has 8 N–H and O–H groups in total. The molecule has 2 heterocycles. The van der Waals surface area contributed by atoms with Crippen molar-refractivity contribution >= 4 is 29.6 Å². The fourth-order valence-electron chi connectivity index (χ4n) is 4.48. The first-order valence-corrected chi connectivity index (χ1v) is 13.6. The SMILES string of the molecule is CC(C)CC(NC(=O)C(Cc1cnc[nH]1)NC(=O)C(N)C(C)C)C(=O)NC(C(=O)N1CCC[C@H]1C(=O)O)C(C)O. The summed E-state index contributed by atoms with van der Waals surface area (Å²) in [6.45, 7) is 8.75. The lowest BCUT2D eigenvalue weighted by atomic mass is 10.0. The molecule has 0 bridgehead atoms. The average molecular weight is 566 g/mol. The lowest BCUT2D eigenvalue weighted by Gasteiger charge is -2.31. The fraction of sp³-hybridized carbons (Fsp3) is 0.692. The first kappa shape index (κ1) is 32.7. The lowest BCUT2D eigenvalue weighted by Crippen LogP contribution is -2.61. The largest absolute Gasteiger partial charge is 0.480 e. The fourth-order valence-corrected chi connectivity index (χ4v) is 4.48. The number of aliphatic hydroxyl groups is 1. The normalized spacial score (nSPS) is 19.0. The van der Waals surface area contributed by atoms with Crippen molar-refractivity contribution in [3.05, 3.63) is 18.2 Å². The molecule has 14 nitrogen and oxygen atoms in total. The summed E-state index contributed by atoms with van der Waals surface area (Å²) >= 11 is 0. The zero-order valence-electron chi connectivity index (χ0n) is 23.7. The summed E-state index contributed by atoms with van der Waals surface area (Å²) in [5.74, 6) is -4.01. The summed E-state index contributed by atoms with van der Waals surface area (Å²) in [5, 5.41) is 27.6. The lowest BCUT2D eigenvalue weighted by molar-refractivity contribution is -0.150. The van der Waals surface area contributed by atoms with Gasteiger partial charge in [0.15, 0.2) is 0 Å². The Morgan fingerprint density at radius 3 is 2.20 bits per heavy atom. The molecule has 224 valence electrons. The highest BCUT2D eigenvalue weighted by Crippen LogP contribution is 2.19. The molecule has 6 atom stereocenters. The number of rotatable bonds is 14. The summed E-state index contributed by atoms with van der Waals surface area (Å²) in [4.78, 5) is 72.2. The molecule has 5 unspecified atom stereocenters. The van der Waals surface area contributed by atoms with Crippen molar-refractivity contribution in [3.8, 4) is 0 Å². The van der Waals surface area contributed by atoms with Crippen molar-refractivity contribution in [3.63, 3.8) is 0 Å². The van der Waals surface area contributed by atoms with Gasteiger partial charge in [-0.15, -0.1) is 0 Å². The van der Waals surface area contributed by atoms with Crippen LogP contribution in [0.25, 0.3) is 0 Å². The van der Waals surface area contributed by atoms with Crippen molar-refractivity contribution in [1.29, 1.82) is 0 Å².